The molecular formula is C58H49FN5O5P. The van der Waals surface area contributed by atoms with Crippen molar-refractivity contribution >= 4 is 39.9 Å². The molecular weight excluding hydrogens is 897 g/mol. The fourth-order valence-corrected chi connectivity index (χ4v) is 13.6. The highest BCUT2D eigenvalue weighted by Gasteiger charge is 2.56. The van der Waals surface area contributed by atoms with Crippen LogP contribution in [0.25, 0.3) is 11.2 Å². The van der Waals surface area contributed by atoms with Crippen LogP contribution in [0.15, 0.2) is 223 Å². The van der Waals surface area contributed by atoms with Crippen LogP contribution in [0.5, 0.6) is 11.5 Å². The van der Waals surface area contributed by atoms with Crippen LogP contribution in [0.1, 0.15) is 34.6 Å². The highest BCUT2D eigenvalue weighted by molar-refractivity contribution is 7.87. The van der Waals surface area contributed by atoms with Gasteiger partial charge in [-0.1, -0.05) is 183 Å². The van der Waals surface area contributed by atoms with E-state index in [9.17, 15) is 0 Å². The number of nitrogens with zero attached hydrogens (tertiary/aromatic N) is 5. The summed E-state index contributed by atoms with van der Waals surface area (Å²) in [6.45, 7) is 4.94. The topological polar surface area (TPSA) is 102 Å². The predicted octanol–water partition coefficient (Wildman–Crippen LogP) is 11.0. The molecule has 10 nitrogen and oxygen atoms in total. The number of benzene rings is 7. The lowest BCUT2D eigenvalue weighted by molar-refractivity contribution is -0.0908. The Hall–Kier alpha value is -7.53. The summed E-state index contributed by atoms with van der Waals surface area (Å²) in [5.74, 6) is 1.15. The van der Waals surface area contributed by atoms with Crippen molar-refractivity contribution in [2.75, 3.05) is 20.8 Å². The van der Waals surface area contributed by atoms with Crippen LogP contribution < -0.4 is 25.4 Å². The van der Waals surface area contributed by atoms with E-state index in [4.69, 9.17) is 40.0 Å². The summed E-state index contributed by atoms with van der Waals surface area (Å²) in [4.78, 5) is 13.8. The highest BCUT2D eigenvalue weighted by Crippen LogP contribution is 2.54. The first-order valence-electron chi connectivity index (χ1n) is 23.1. The maximum absolute atomic E-state index is 16.4. The van der Waals surface area contributed by atoms with E-state index in [2.05, 4.69) is 70.6 Å². The van der Waals surface area contributed by atoms with E-state index in [0.29, 0.717) is 11.3 Å². The molecule has 1 saturated carbocycles. The minimum absolute atomic E-state index is 0.140. The molecule has 3 heterocycles. The number of aromatic nitrogens is 4. The average Bonchev–Trinajstić information content (AvgIpc) is 4.12. The van der Waals surface area contributed by atoms with Gasteiger partial charge in [0.25, 0.3) is 0 Å². The molecule has 0 bridgehead atoms. The van der Waals surface area contributed by atoms with Gasteiger partial charge < -0.3 is 28.3 Å². The Morgan fingerprint density at radius 3 is 1.60 bits per heavy atom. The Balaban J connectivity index is 1.05. The number of rotatable bonds is 14. The quantitative estimate of drug-likeness (QED) is 0.0460. The number of imidazole rings is 1. The van der Waals surface area contributed by atoms with Crippen molar-refractivity contribution in [3.63, 3.8) is 0 Å². The van der Waals surface area contributed by atoms with Crippen LogP contribution in [0.2, 0.25) is 0 Å². The molecule has 1 saturated heterocycles. The van der Waals surface area contributed by atoms with E-state index >= 15 is 4.39 Å². The molecule has 0 unspecified atom stereocenters. The van der Waals surface area contributed by atoms with Crippen molar-refractivity contribution in [3.8, 4) is 11.5 Å². The Bertz CT molecular complexity index is 3170. The van der Waals surface area contributed by atoms with Gasteiger partial charge in [-0.2, -0.15) is 14.4 Å². The van der Waals surface area contributed by atoms with Gasteiger partial charge in [-0.3, -0.25) is 0 Å². The van der Waals surface area contributed by atoms with E-state index in [0.717, 1.165) is 49.5 Å². The zero-order valence-corrected chi connectivity index (χ0v) is 39.4. The normalized spacial score (nSPS) is 19.0. The Morgan fingerprint density at radius 1 is 0.614 bits per heavy atom. The maximum Gasteiger partial charge on any atom is 0.312 e. The maximum atomic E-state index is 16.4. The molecule has 0 spiro atoms. The highest BCUT2D eigenvalue weighted by atomic mass is 31.2. The molecule has 5 atom stereocenters. The Labute approximate surface area is 406 Å². The minimum atomic E-state index is -2.89. The van der Waals surface area contributed by atoms with Crippen molar-refractivity contribution in [1.82, 2.24) is 19.5 Å². The van der Waals surface area contributed by atoms with Crippen LogP contribution in [0, 0.1) is 12.0 Å². The molecule has 0 radical (unpaired) electrons. The summed E-state index contributed by atoms with van der Waals surface area (Å²) in [6, 6.07) is 65.8. The van der Waals surface area contributed by atoms with Gasteiger partial charge in [-0.05, 0) is 46.5 Å². The summed E-state index contributed by atoms with van der Waals surface area (Å²) in [7, 11) is 0.402. The van der Waals surface area contributed by atoms with Crippen LogP contribution in [0.3, 0.4) is 0 Å². The summed E-state index contributed by atoms with van der Waals surface area (Å²) in [5.41, 5.74) is 3.87. The van der Waals surface area contributed by atoms with E-state index in [1.807, 2.05) is 144 Å². The van der Waals surface area contributed by atoms with Gasteiger partial charge in [0, 0.05) is 27.4 Å². The molecule has 2 aliphatic rings. The number of hydrogen-bond donors (Lipinski definition) is 0. The molecule has 9 aromatic rings. The Morgan fingerprint density at radius 2 is 1.09 bits per heavy atom. The second-order valence-corrected chi connectivity index (χ2v) is 20.3. The molecule has 1 aliphatic carbocycles. The zero-order chi connectivity index (χ0) is 47.7. The first kappa shape index (κ1) is 44.9. The van der Waals surface area contributed by atoms with Gasteiger partial charge in [0.05, 0.1) is 46.4 Å². The third-order valence-corrected chi connectivity index (χ3v) is 17.1. The first-order chi connectivity index (χ1) is 34.4. The zero-order valence-electron chi connectivity index (χ0n) is 38.5. The monoisotopic (exact) mass is 945 g/mol. The number of halogens is 1. The van der Waals surface area contributed by atoms with Crippen LogP contribution in [-0.2, 0) is 19.8 Å². The molecule has 348 valence electrons. The fourth-order valence-electron chi connectivity index (χ4n) is 10.1. The van der Waals surface area contributed by atoms with Crippen molar-refractivity contribution < 1.29 is 28.1 Å². The smallest absolute Gasteiger partial charge is 0.312 e. The van der Waals surface area contributed by atoms with E-state index in [1.165, 1.54) is 0 Å². The van der Waals surface area contributed by atoms with E-state index < -0.39 is 49.2 Å². The lowest BCUT2D eigenvalue weighted by Gasteiger charge is -2.37. The number of methoxy groups -OCH3 is 2. The molecule has 11 rings (SSSR count). The van der Waals surface area contributed by atoms with Gasteiger partial charge in [-0.25, -0.2) is 9.73 Å². The molecule has 0 amide bonds. The predicted molar refractivity (Wildman–Crippen MR) is 271 cm³/mol. The summed E-state index contributed by atoms with van der Waals surface area (Å²) < 4.78 is 56.3. The van der Waals surface area contributed by atoms with Crippen LogP contribution in [-0.4, -0.2) is 52.6 Å². The molecule has 12 heteroatoms. The van der Waals surface area contributed by atoms with Crippen molar-refractivity contribution in [2.24, 2.45) is 10.7 Å². The van der Waals surface area contributed by atoms with Crippen molar-refractivity contribution in [1.29, 1.82) is 0 Å². The molecule has 1 aliphatic heterocycles. The minimum Gasteiger partial charge on any atom is -0.497 e. The van der Waals surface area contributed by atoms with E-state index in [1.54, 1.807) is 20.5 Å². The fraction of sp³-hybridized carbons (Fsp3) is 0.155. The second-order valence-electron chi connectivity index (χ2n) is 17.3. The van der Waals surface area contributed by atoms with Gasteiger partial charge >= 0.3 is 6.08 Å². The van der Waals surface area contributed by atoms with E-state index in [-0.39, 0.29) is 18.1 Å². The summed E-state index contributed by atoms with van der Waals surface area (Å²) >= 11 is 0. The van der Waals surface area contributed by atoms with Gasteiger partial charge in [0.2, 0.25) is 0 Å². The first-order valence-corrected chi connectivity index (χ1v) is 24.9. The van der Waals surface area contributed by atoms with Gasteiger partial charge in [0.1, 0.15) is 23.2 Å². The SMILES string of the molecule is C=C1[C@@H](n2cnc3c(N=P(c4ccccc4)(c4ccccc4)c4ccccc4)nc(F)nc32)[C@@H]2O[C@H](c3ccc(OC)cc3)O[C@@H]2[C@H]1COC(c1ccccc1)(c1ccccc1)c1ccc(OC)cc1. The third kappa shape index (κ3) is 7.91. The van der Waals surface area contributed by atoms with Gasteiger partial charge in [-0.15, -0.1) is 0 Å². The van der Waals surface area contributed by atoms with Gasteiger partial charge in [0.15, 0.2) is 23.3 Å². The van der Waals surface area contributed by atoms with Crippen molar-refractivity contribution in [3.05, 3.63) is 247 Å². The number of ether oxygens (including phenoxy) is 5. The standard InChI is InChI=1S/C58H49FN5O5P/c1-39-49(37-67-58(41-19-9-4-10-20-41,42-21-11-5-12-22-42)43-31-35-45(66-3)36-32-43)52-53(69-56(68-52)40-29-33-44(65-2)34-30-40)51(39)64-38-60-50-54(61-57(59)62-55(50)64)63-70(46-23-13-6-14-24-46,47-25-15-7-16-26-47)48-27-17-8-18-28-48/h4-36,38,49,51-53,56H,1,37H2,2-3H3/t49-,51+,52+,53-,56+/m0/s1. The molecule has 70 heavy (non-hydrogen) atoms. The Kier molecular flexibility index (Phi) is 12.3. The van der Waals surface area contributed by atoms with Crippen LogP contribution >= 0.6 is 7.05 Å². The summed E-state index contributed by atoms with van der Waals surface area (Å²) in [5, 5.41) is 2.94. The molecule has 0 N–H and O–H groups in total. The van der Waals surface area contributed by atoms with Crippen molar-refractivity contribution in [2.45, 2.75) is 30.1 Å². The van der Waals surface area contributed by atoms with Crippen LogP contribution in [0.4, 0.5) is 10.2 Å². The largest absolute Gasteiger partial charge is 0.497 e. The summed E-state index contributed by atoms with van der Waals surface area (Å²) in [6.07, 6.45) is -1.17. The molecule has 7 aromatic carbocycles. The number of hydrogen-bond acceptors (Lipinski definition) is 9. The number of fused-ring (bicyclic) bond motifs is 2. The molecule has 2 aromatic heterocycles. The lowest BCUT2D eigenvalue weighted by Crippen LogP contribution is -2.37. The average molecular weight is 946 g/mol. The second kappa shape index (κ2) is 19.1. The molecule has 2 fully saturated rings. The lowest BCUT2D eigenvalue weighted by atomic mass is 9.80. The third-order valence-electron chi connectivity index (χ3n) is 13.5.